The maximum absolute atomic E-state index is 13.0. The highest BCUT2D eigenvalue weighted by molar-refractivity contribution is 6.54. The number of carbonyl (C=O) groups is 3. The number of nitrogens with one attached hydrogen (secondary N) is 2. The first-order valence-electron chi connectivity index (χ1n) is 12.0. The summed E-state index contributed by atoms with van der Waals surface area (Å²) in [6.07, 6.45) is 0. The molecule has 1 aliphatic rings. The van der Waals surface area contributed by atoms with Gasteiger partial charge in [0.25, 0.3) is 17.7 Å². The molecule has 0 spiro atoms. The molecule has 4 aromatic rings. The summed E-state index contributed by atoms with van der Waals surface area (Å²) in [5.74, 6) is -1.03. The summed E-state index contributed by atoms with van der Waals surface area (Å²) in [5, 5.41) is 5.91. The Bertz CT molecular complexity index is 1620. The topological polar surface area (TPSA) is 87.7 Å². The minimum atomic E-state index is -0.717. The van der Waals surface area contributed by atoms with Gasteiger partial charge in [0.15, 0.2) is 0 Å². The van der Waals surface area contributed by atoms with Crippen LogP contribution < -0.4 is 20.3 Å². The molecule has 10 heteroatoms. The van der Waals surface area contributed by atoms with Crippen molar-refractivity contribution in [2.45, 2.75) is 6.61 Å². The SMILES string of the molecule is O=C(Nc1ccc(OCc2ccccc2)cc1)c1ccc(NC2=C(Cl)C(=O)N(c3ccc(Cl)cc3Cl)C2=O)cc1. The summed E-state index contributed by atoms with van der Waals surface area (Å²) in [4.78, 5) is 39.4. The van der Waals surface area contributed by atoms with Gasteiger partial charge in [-0.25, -0.2) is 4.90 Å². The van der Waals surface area contributed by atoms with Gasteiger partial charge in [-0.3, -0.25) is 14.4 Å². The molecule has 1 aliphatic heterocycles. The highest BCUT2D eigenvalue weighted by Gasteiger charge is 2.39. The molecule has 7 nitrogen and oxygen atoms in total. The lowest BCUT2D eigenvalue weighted by atomic mass is 10.2. The third-order valence-corrected chi connectivity index (χ3v) is 6.84. The number of imide groups is 1. The van der Waals surface area contributed by atoms with Crippen LogP contribution in [0, 0.1) is 0 Å². The molecule has 0 fully saturated rings. The second-order valence-electron chi connectivity index (χ2n) is 8.69. The van der Waals surface area contributed by atoms with Crippen LogP contribution in [0.3, 0.4) is 0 Å². The Hall–Kier alpha value is -4.30. The van der Waals surface area contributed by atoms with Crippen molar-refractivity contribution in [2.24, 2.45) is 0 Å². The highest BCUT2D eigenvalue weighted by Crippen LogP contribution is 2.35. The quantitative estimate of drug-likeness (QED) is 0.210. The monoisotopic (exact) mass is 591 g/mol. The molecule has 5 rings (SSSR count). The van der Waals surface area contributed by atoms with E-state index in [1.54, 1.807) is 48.5 Å². The van der Waals surface area contributed by atoms with Crippen LogP contribution in [0.1, 0.15) is 15.9 Å². The van der Waals surface area contributed by atoms with Crippen LogP contribution in [-0.4, -0.2) is 17.7 Å². The number of benzene rings is 4. The fourth-order valence-electron chi connectivity index (χ4n) is 3.92. The van der Waals surface area contributed by atoms with Gasteiger partial charge in [0.2, 0.25) is 0 Å². The molecule has 0 aliphatic carbocycles. The van der Waals surface area contributed by atoms with E-state index in [0.717, 1.165) is 10.5 Å². The molecule has 0 unspecified atom stereocenters. The van der Waals surface area contributed by atoms with Crippen LogP contribution in [0.4, 0.5) is 17.1 Å². The number of rotatable bonds is 8. The largest absolute Gasteiger partial charge is 0.489 e. The van der Waals surface area contributed by atoms with Gasteiger partial charge in [-0.1, -0.05) is 65.1 Å². The molecule has 1 heterocycles. The summed E-state index contributed by atoms with van der Waals surface area (Å²) in [7, 11) is 0. The molecule has 0 aromatic heterocycles. The maximum Gasteiger partial charge on any atom is 0.283 e. The highest BCUT2D eigenvalue weighted by atomic mass is 35.5. The molecule has 0 atom stereocenters. The number of hydrogen-bond donors (Lipinski definition) is 2. The number of ether oxygens (including phenoxy) is 1. The van der Waals surface area contributed by atoms with Gasteiger partial charge in [-0.05, 0) is 72.3 Å². The third kappa shape index (κ3) is 5.97. The van der Waals surface area contributed by atoms with Crippen molar-refractivity contribution in [2.75, 3.05) is 15.5 Å². The average Bonchev–Trinajstić information content (AvgIpc) is 3.16. The minimum Gasteiger partial charge on any atom is -0.489 e. The van der Waals surface area contributed by atoms with E-state index in [1.165, 1.54) is 18.2 Å². The van der Waals surface area contributed by atoms with Crippen molar-refractivity contribution in [1.82, 2.24) is 0 Å². The van der Waals surface area contributed by atoms with Crippen LogP contribution in [0.5, 0.6) is 5.75 Å². The zero-order chi connectivity index (χ0) is 28.2. The number of nitrogens with zero attached hydrogens (tertiary/aromatic N) is 1. The van der Waals surface area contributed by atoms with Crippen LogP contribution in [0.15, 0.2) is 108 Å². The van der Waals surface area contributed by atoms with E-state index >= 15 is 0 Å². The van der Waals surface area contributed by atoms with Crippen LogP contribution >= 0.6 is 34.8 Å². The van der Waals surface area contributed by atoms with Crippen molar-refractivity contribution < 1.29 is 19.1 Å². The Morgan fingerprint density at radius 2 is 1.45 bits per heavy atom. The number of carbonyl (C=O) groups excluding carboxylic acids is 3. The van der Waals surface area contributed by atoms with Crippen molar-refractivity contribution in [1.29, 1.82) is 0 Å². The Morgan fingerprint density at radius 1 is 0.775 bits per heavy atom. The van der Waals surface area contributed by atoms with Gasteiger partial charge in [-0.15, -0.1) is 0 Å². The lowest BCUT2D eigenvalue weighted by molar-refractivity contribution is -0.120. The zero-order valence-corrected chi connectivity index (χ0v) is 22.9. The van der Waals surface area contributed by atoms with Gasteiger partial charge in [0.1, 0.15) is 23.1 Å². The number of halogens is 3. The third-order valence-electron chi connectivity index (χ3n) is 5.95. The van der Waals surface area contributed by atoms with E-state index in [-0.39, 0.29) is 27.3 Å². The number of anilines is 3. The molecule has 3 amide bonds. The Morgan fingerprint density at radius 3 is 2.12 bits per heavy atom. The first kappa shape index (κ1) is 27.3. The van der Waals surface area contributed by atoms with Crippen LogP contribution in [0.25, 0.3) is 0 Å². The molecule has 200 valence electrons. The smallest absolute Gasteiger partial charge is 0.283 e. The van der Waals surface area contributed by atoms with E-state index in [9.17, 15) is 14.4 Å². The summed E-state index contributed by atoms with van der Waals surface area (Å²) in [6.45, 7) is 0.446. The Balaban J connectivity index is 1.20. The van der Waals surface area contributed by atoms with Crippen molar-refractivity contribution >= 4 is 69.6 Å². The first-order chi connectivity index (χ1) is 19.3. The van der Waals surface area contributed by atoms with E-state index in [1.807, 2.05) is 30.3 Å². The predicted octanol–water partition coefficient (Wildman–Crippen LogP) is 7.26. The molecule has 4 aromatic carbocycles. The molecule has 0 saturated heterocycles. The summed E-state index contributed by atoms with van der Waals surface area (Å²) < 4.78 is 5.78. The fraction of sp³-hybridized carbons (Fsp3) is 0.0333. The molecular weight excluding hydrogens is 573 g/mol. The van der Waals surface area contributed by atoms with Gasteiger partial charge in [0, 0.05) is 22.0 Å². The van der Waals surface area contributed by atoms with E-state index < -0.39 is 11.8 Å². The normalized spacial score (nSPS) is 13.0. The molecular formula is C30H20Cl3N3O4. The van der Waals surface area contributed by atoms with Crippen molar-refractivity contribution in [3.63, 3.8) is 0 Å². The van der Waals surface area contributed by atoms with E-state index in [2.05, 4.69) is 10.6 Å². The Kier molecular flexibility index (Phi) is 8.07. The Labute approximate surface area is 244 Å². The van der Waals surface area contributed by atoms with Gasteiger partial charge < -0.3 is 15.4 Å². The molecule has 0 bridgehead atoms. The molecule has 2 N–H and O–H groups in total. The first-order valence-corrected chi connectivity index (χ1v) is 13.1. The number of amides is 3. The molecule has 0 saturated carbocycles. The number of hydrogen-bond acceptors (Lipinski definition) is 5. The summed E-state index contributed by atoms with van der Waals surface area (Å²) in [6, 6.07) is 27.7. The van der Waals surface area contributed by atoms with Crippen LogP contribution in [-0.2, 0) is 16.2 Å². The predicted molar refractivity (Wildman–Crippen MR) is 157 cm³/mol. The van der Waals surface area contributed by atoms with Gasteiger partial charge >= 0.3 is 0 Å². The second-order valence-corrected chi connectivity index (χ2v) is 9.91. The fourth-order valence-corrected chi connectivity index (χ4v) is 4.63. The lowest BCUT2D eigenvalue weighted by Crippen LogP contribution is -2.32. The van der Waals surface area contributed by atoms with Crippen LogP contribution in [0.2, 0.25) is 10.0 Å². The van der Waals surface area contributed by atoms with Gasteiger partial charge in [0.05, 0.1) is 10.7 Å². The summed E-state index contributed by atoms with van der Waals surface area (Å²) in [5.41, 5.74) is 2.56. The van der Waals surface area contributed by atoms with Crippen molar-refractivity contribution in [3.05, 3.63) is 129 Å². The van der Waals surface area contributed by atoms with E-state index in [0.29, 0.717) is 34.3 Å². The van der Waals surface area contributed by atoms with Gasteiger partial charge in [-0.2, -0.15) is 0 Å². The lowest BCUT2D eigenvalue weighted by Gasteiger charge is -2.16. The maximum atomic E-state index is 13.0. The second kappa shape index (κ2) is 11.8. The summed E-state index contributed by atoms with van der Waals surface area (Å²) >= 11 is 18.3. The van der Waals surface area contributed by atoms with Crippen molar-refractivity contribution in [3.8, 4) is 5.75 Å². The molecule has 0 radical (unpaired) electrons. The minimum absolute atomic E-state index is 0.107. The molecule has 40 heavy (non-hydrogen) atoms. The standard InChI is InChI=1S/C30H20Cl3N3O4/c31-20-8-15-25(24(32)16-20)36-29(38)26(33)27(30(36)39)34-21-9-6-19(7-10-21)28(37)35-22-11-13-23(14-12-22)40-17-18-4-2-1-3-5-18/h1-16,34H,17H2,(H,35,37). The average molecular weight is 593 g/mol. The zero-order valence-electron chi connectivity index (χ0n) is 20.7. The van der Waals surface area contributed by atoms with E-state index in [4.69, 9.17) is 39.5 Å².